The van der Waals surface area contributed by atoms with Crippen LogP contribution in [-0.4, -0.2) is 229 Å². The molecule has 0 aromatic carbocycles. The second-order valence-corrected chi connectivity index (χ2v) is 19.4. The Morgan fingerprint density at radius 3 is 1.47 bits per heavy atom. The van der Waals surface area contributed by atoms with E-state index in [1.54, 1.807) is 21.6 Å². The highest BCUT2D eigenvalue weighted by molar-refractivity contribution is 7.88. The average Bonchev–Trinajstić information content (AvgIpc) is 3.56. The summed E-state index contributed by atoms with van der Waals surface area (Å²) < 4.78 is 125. The number of pyridine rings is 2. The maximum atomic E-state index is 13.0. The van der Waals surface area contributed by atoms with Crippen molar-refractivity contribution in [1.29, 1.82) is 0 Å². The van der Waals surface area contributed by atoms with E-state index in [1.165, 1.54) is 89.8 Å². The third kappa shape index (κ3) is 26.6. The minimum absolute atomic E-state index is 0.00511. The number of ether oxygens (including phenoxy) is 4. The fourth-order valence-electron chi connectivity index (χ4n) is 6.84. The first kappa shape index (κ1) is 75.7. The number of carbonyl (C=O) groups excluding carboxylic acids is 7. The number of aliphatic carboxylic acids is 1. The smallest absolute Gasteiger partial charge is 0.410 e. The topological polar surface area (TPSA) is 406 Å². The molecule has 2 aromatic rings. The second-order valence-electron chi connectivity index (χ2n) is 17.8. The van der Waals surface area contributed by atoms with Gasteiger partial charge >= 0.3 is 53.2 Å². The summed E-state index contributed by atoms with van der Waals surface area (Å²) in [5.41, 5.74) is 3.24. The summed E-state index contributed by atoms with van der Waals surface area (Å²) in [7, 11) is 2.94. The molecule has 2 fully saturated rings. The number of halogens is 6. The molecule has 2 saturated heterocycles. The highest BCUT2D eigenvalue weighted by Crippen LogP contribution is 2.24. The molecule has 0 spiro atoms. The van der Waals surface area contributed by atoms with Gasteiger partial charge in [-0.05, 0) is 39.8 Å². The lowest BCUT2D eigenvalue weighted by Gasteiger charge is -2.45. The second kappa shape index (κ2) is 36.5. The summed E-state index contributed by atoms with van der Waals surface area (Å²) in [5.74, 6) is -3.43. The summed E-state index contributed by atoms with van der Waals surface area (Å²) >= 11 is -5.23. The first-order valence-electron chi connectivity index (χ1n) is 24.0. The normalized spacial score (nSPS) is 16.3. The Labute approximate surface area is 486 Å². The van der Waals surface area contributed by atoms with E-state index in [0.717, 1.165) is 9.80 Å². The predicted octanol–water partition coefficient (Wildman–Crippen LogP) is 1.29. The van der Waals surface area contributed by atoms with Gasteiger partial charge in [-0.15, -0.1) is 7.96 Å². The molecule has 8 N–H and O–H groups in total. The van der Waals surface area contributed by atoms with Gasteiger partial charge in [0.15, 0.2) is 11.6 Å². The average molecular weight is 1270 g/mol. The number of aromatic nitrogens is 2. The van der Waals surface area contributed by atoms with Crippen molar-refractivity contribution in [3.63, 3.8) is 0 Å². The van der Waals surface area contributed by atoms with Crippen LogP contribution in [-0.2, 0) is 68.7 Å². The van der Waals surface area contributed by atoms with Crippen molar-refractivity contribution in [1.82, 2.24) is 45.5 Å². The molecule has 0 aliphatic carbocycles. The number of methoxy groups -OCH3 is 2. The van der Waals surface area contributed by atoms with Gasteiger partial charge in [-0.1, -0.05) is 34.7 Å². The van der Waals surface area contributed by atoms with Crippen molar-refractivity contribution in [2.45, 2.75) is 63.2 Å². The number of rotatable bonds is 24. The summed E-state index contributed by atoms with van der Waals surface area (Å²) in [6.07, 6.45) is -2.67. The molecule has 4 rings (SSSR count). The monoisotopic (exact) mass is 1270 g/mol. The van der Waals surface area contributed by atoms with Gasteiger partial charge in [-0.25, -0.2) is 20.1 Å². The number of amides is 5. The number of nitrogens with one attached hydrogen (secondary N) is 3. The van der Waals surface area contributed by atoms with Crippen LogP contribution in [0.15, 0.2) is 62.2 Å². The van der Waals surface area contributed by atoms with E-state index in [2.05, 4.69) is 45.8 Å². The molecule has 2 aromatic heterocycles. The first-order chi connectivity index (χ1) is 39.7. The molecule has 2 aliphatic heterocycles. The molecule has 0 bridgehead atoms. The van der Waals surface area contributed by atoms with Crippen LogP contribution in [0, 0.1) is 0 Å². The molecule has 478 valence electrons. The van der Waals surface area contributed by atoms with Crippen LogP contribution in [0.3, 0.4) is 0 Å². The van der Waals surface area contributed by atoms with E-state index in [-0.39, 0.29) is 76.9 Å². The van der Waals surface area contributed by atoms with Crippen molar-refractivity contribution in [2.75, 3.05) is 92.9 Å². The van der Waals surface area contributed by atoms with Crippen LogP contribution in [0.5, 0.6) is 11.5 Å². The molecule has 2 unspecified atom stereocenters. The van der Waals surface area contributed by atoms with Gasteiger partial charge < -0.3 is 45.7 Å². The third-order valence-electron chi connectivity index (χ3n) is 11.5. The molecular weight excluding hydrogens is 1210 g/mol. The summed E-state index contributed by atoms with van der Waals surface area (Å²) in [5, 5.41) is 33.2. The fraction of sp³-hybridized carbons (Fsp3) is 0.522. The number of carbonyl (C=O) groups is 8. The number of nitrogens with zero attached hydrogens (tertiary/aromatic N) is 6. The van der Waals surface area contributed by atoms with Crippen LogP contribution in [0.2, 0.25) is 0 Å². The lowest BCUT2D eigenvalue weighted by atomic mass is 9.97. The summed E-state index contributed by atoms with van der Waals surface area (Å²) in [6, 6.07) is 0.413. The molecule has 0 radical (unpaired) electrons. The van der Waals surface area contributed by atoms with Gasteiger partial charge in [0.05, 0.1) is 45.2 Å². The molecule has 4 heterocycles. The predicted molar refractivity (Wildman–Crippen MR) is 279 cm³/mol. The van der Waals surface area contributed by atoms with Crippen LogP contribution < -0.4 is 31.2 Å². The van der Waals surface area contributed by atoms with E-state index in [9.17, 15) is 78.2 Å². The van der Waals surface area contributed by atoms with Crippen molar-refractivity contribution < 1.29 is 125 Å². The van der Waals surface area contributed by atoms with Gasteiger partial charge in [0.2, 0.25) is 17.7 Å². The minimum Gasteiger partial charge on any atom is -0.495 e. The Bertz CT molecular complexity index is 2640. The Hall–Kier alpha value is -7.34. The minimum atomic E-state index is -4.65. The van der Waals surface area contributed by atoms with Crippen molar-refractivity contribution in [2.24, 2.45) is 5.73 Å². The number of carboxylic acids is 1. The zero-order chi connectivity index (χ0) is 64.9. The fourth-order valence-corrected chi connectivity index (χ4v) is 7.44. The van der Waals surface area contributed by atoms with Gasteiger partial charge in [0.1, 0.15) is 55.4 Å². The number of alkyl halides is 6. The summed E-state index contributed by atoms with van der Waals surface area (Å²) in [4.78, 5) is 110. The zero-order valence-electron chi connectivity index (χ0n) is 46.2. The molecule has 2 aliphatic rings. The van der Waals surface area contributed by atoms with Gasteiger partial charge in [0, 0.05) is 62.8 Å². The SMILES string of the molecule is C=CCOC(=O)N1CCN(C(C)(C)C(=O)NCC(=O)c2cncc(OC)c2)C[C@H]1C(=O)NCC(F)(F)F.C=CCOC(=O)N1CCN(C(C)(C)C(=O)O)C[C@H]1C(=O)NCC(F)(F)F.COc1cncc(C(=O)CN)c1.O=S(OO)OS(=O)OOO. The van der Waals surface area contributed by atoms with Crippen LogP contribution in [0.1, 0.15) is 48.4 Å². The number of Topliss-reactive ketones (excluding diaryl/α,β-unsaturated/α-hetero) is 2. The number of ketones is 2. The summed E-state index contributed by atoms with van der Waals surface area (Å²) in [6.45, 7) is 8.50. The van der Waals surface area contributed by atoms with Crippen LogP contribution in [0.4, 0.5) is 35.9 Å². The molecule has 4 atom stereocenters. The lowest BCUT2D eigenvalue weighted by Crippen LogP contribution is -2.67. The number of carboxylic acid groups (broad SMARTS) is 1. The third-order valence-corrected chi connectivity index (χ3v) is 12.6. The molecule has 85 heavy (non-hydrogen) atoms. The van der Waals surface area contributed by atoms with E-state index in [4.69, 9.17) is 35.2 Å². The van der Waals surface area contributed by atoms with Crippen molar-refractivity contribution >= 4 is 70.2 Å². The Balaban J connectivity index is 0.000000645. The molecule has 39 heteroatoms. The Kier molecular flexibility index (Phi) is 32.5. The lowest BCUT2D eigenvalue weighted by molar-refractivity contribution is -0.436. The van der Waals surface area contributed by atoms with Gasteiger partial charge in [-0.3, -0.25) is 58.3 Å². The number of piperazine rings is 2. The maximum Gasteiger partial charge on any atom is 0.410 e. The van der Waals surface area contributed by atoms with E-state index in [0.29, 0.717) is 17.1 Å². The number of hydrogen-bond acceptors (Lipinski definition) is 25. The van der Waals surface area contributed by atoms with Crippen LogP contribution in [0.25, 0.3) is 0 Å². The Morgan fingerprint density at radius 2 is 1.11 bits per heavy atom. The highest BCUT2D eigenvalue weighted by Gasteiger charge is 2.46. The number of hydrogen-bond donors (Lipinski definition) is 7. The molecule has 5 amide bonds. The van der Waals surface area contributed by atoms with Crippen molar-refractivity contribution in [3.05, 3.63) is 73.4 Å². The number of nitrogens with two attached hydrogens (primary N) is 1. The van der Waals surface area contributed by atoms with Crippen LogP contribution >= 0.6 is 0 Å². The molecule has 31 nitrogen and oxygen atoms in total. The van der Waals surface area contributed by atoms with Crippen molar-refractivity contribution in [3.8, 4) is 11.5 Å². The van der Waals surface area contributed by atoms with E-state index >= 15 is 0 Å². The zero-order valence-corrected chi connectivity index (χ0v) is 47.8. The maximum absolute atomic E-state index is 13.0. The quantitative estimate of drug-likeness (QED) is 0.0256. The first-order valence-corrected chi connectivity index (χ1v) is 26.0. The van der Waals surface area contributed by atoms with E-state index in [1.807, 2.05) is 0 Å². The van der Waals surface area contributed by atoms with Gasteiger partial charge in [0.25, 0.3) is 0 Å². The largest absolute Gasteiger partial charge is 0.495 e. The molecule has 0 saturated carbocycles. The van der Waals surface area contributed by atoms with E-state index < -0.39 is 113 Å². The highest BCUT2D eigenvalue weighted by atomic mass is 32.3. The molecular formula is C46H64F6N10O21S2. The van der Waals surface area contributed by atoms with Gasteiger partial charge in [-0.2, -0.15) is 34.8 Å². The standard InChI is InChI=1S/C23H30F3N5O6.C15H22F3N3O5.C8H10N2O2.H2O8S2/c1-5-8-37-21(35)31-7-6-30(13-17(31)19(33)29-14-23(24,25)26)22(2,3)20(34)28-12-18(32)15-9-16(36-4)11-27-10-15;1-4-7-26-13(25)21-6-5-20(14(2,3)12(23)24)8-10(21)11(22)19-9-15(16,17)18;1-12-7-2-6(4-10-5-7)8(11)3-9;1-5-7-10(4)8-9(3)6-2/h5,9-11,17H,1,6-8,12-14H2,2-4H3,(H,28,34)(H,29,33);4,10H,1,5-9H2,2-3H3,(H,19,22)(H,23,24);2,4-5H,3,9H2,1H3;1-2H/t17-;10-;;/m00../s1. The Morgan fingerprint density at radius 1 is 0.682 bits per heavy atom.